The maximum absolute atomic E-state index is 11.8. The molecule has 0 amide bonds. The van der Waals surface area contributed by atoms with Gasteiger partial charge in [0, 0.05) is 6.04 Å². The summed E-state index contributed by atoms with van der Waals surface area (Å²) < 4.78 is 5.24. The van der Waals surface area contributed by atoms with Gasteiger partial charge < -0.3 is 9.84 Å². The van der Waals surface area contributed by atoms with Crippen LogP contribution in [0.15, 0.2) is 0 Å². The Morgan fingerprint density at radius 2 is 1.78 bits per heavy atom. The summed E-state index contributed by atoms with van der Waals surface area (Å²) in [5.74, 6) is -1.25. The SMILES string of the molecule is CC(C)(C)OC(=O)CN(CC(=O)O)C1CCCC1. The van der Waals surface area contributed by atoms with E-state index in [1.54, 1.807) is 4.90 Å². The Morgan fingerprint density at radius 1 is 1.22 bits per heavy atom. The Balaban J connectivity index is 2.54. The molecule has 1 aliphatic carbocycles. The molecular formula is C13H23NO4. The fraction of sp³-hybridized carbons (Fsp3) is 0.846. The van der Waals surface area contributed by atoms with E-state index in [2.05, 4.69) is 0 Å². The molecule has 0 saturated heterocycles. The summed E-state index contributed by atoms with van der Waals surface area (Å²) in [7, 11) is 0. The van der Waals surface area contributed by atoms with Crippen molar-refractivity contribution in [3.63, 3.8) is 0 Å². The highest BCUT2D eigenvalue weighted by molar-refractivity contribution is 5.74. The van der Waals surface area contributed by atoms with Gasteiger partial charge in [-0.1, -0.05) is 12.8 Å². The largest absolute Gasteiger partial charge is 0.480 e. The van der Waals surface area contributed by atoms with Crippen molar-refractivity contribution in [1.29, 1.82) is 0 Å². The van der Waals surface area contributed by atoms with E-state index in [1.165, 1.54) is 0 Å². The molecule has 0 aromatic rings. The highest BCUT2D eigenvalue weighted by Gasteiger charge is 2.27. The molecule has 0 aromatic heterocycles. The van der Waals surface area contributed by atoms with Gasteiger partial charge in [0.15, 0.2) is 0 Å². The number of rotatable bonds is 5. The predicted molar refractivity (Wildman–Crippen MR) is 67.3 cm³/mol. The van der Waals surface area contributed by atoms with Gasteiger partial charge in [-0.05, 0) is 33.6 Å². The van der Waals surface area contributed by atoms with Crippen LogP contribution in [0.3, 0.4) is 0 Å². The van der Waals surface area contributed by atoms with Gasteiger partial charge in [-0.25, -0.2) is 0 Å². The number of esters is 1. The summed E-state index contributed by atoms with van der Waals surface area (Å²) >= 11 is 0. The molecule has 5 nitrogen and oxygen atoms in total. The van der Waals surface area contributed by atoms with Crippen LogP contribution in [0.25, 0.3) is 0 Å². The van der Waals surface area contributed by atoms with Gasteiger partial charge in [0.1, 0.15) is 5.60 Å². The molecule has 1 aliphatic rings. The zero-order valence-electron chi connectivity index (χ0n) is 11.4. The van der Waals surface area contributed by atoms with E-state index in [0.717, 1.165) is 25.7 Å². The molecule has 0 aliphatic heterocycles. The van der Waals surface area contributed by atoms with Crippen molar-refractivity contribution in [2.24, 2.45) is 0 Å². The fourth-order valence-electron chi connectivity index (χ4n) is 2.30. The minimum atomic E-state index is -0.898. The van der Waals surface area contributed by atoms with Crippen molar-refractivity contribution in [2.45, 2.75) is 58.1 Å². The second kappa shape index (κ2) is 6.18. The predicted octanol–water partition coefficient (Wildman–Crippen LogP) is 1.66. The average Bonchev–Trinajstić information content (AvgIpc) is 2.64. The van der Waals surface area contributed by atoms with E-state index in [9.17, 15) is 9.59 Å². The van der Waals surface area contributed by atoms with Gasteiger partial charge in [-0.3, -0.25) is 14.5 Å². The molecule has 0 unspecified atom stereocenters. The van der Waals surface area contributed by atoms with E-state index in [4.69, 9.17) is 9.84 Å². The van der Waals surface area contributed by atoms with Crippen molar-refractivity contribution >= 4 is 11.9 Å². The second-order valence-electron chi connectivity index (χ2n) is 5.82. The molecule has 18 heavy (non-hydrogen) atoms. The van der Waals surface area contributed by atoms with Crippen molar-refractivity contribution in [3.8, 4) is 0 Å². The summed E-state index contributed by atoms with van der Waals surface area (Å²) in [6.07, 6.45) is 4.15. The van der Waals surface area contributed by atoms with Crippen LogP contribution >= 0.6 is 0 Å². The molecule has 1 saturated carbocycles. The van der Waals surface area contributed by atoms with Crippen LogP contribution in [0.5, 0.6) is 0 Å². The molecule has 5 heteroatoms. The number of carbonyl (C=O) groups is 2. The number of aliphatic carboxylic acids is 1. The molecule has 0 spiro atoms. The highest BCUT2D eigenvalue weighted by Crippen LogP contribution is 2.23. The molecule has 1 N–H and O–H groups in total. The molecule has 1 fully saturated rings. The van der Waals surface area contributed by atoms with Gasteiger partial charge in [-0.15, -0.1) is 0 Å². The summed E-state index contributed by atoms with van der Waals surface area (Å²) in [4.78, 5) is 24.3. The second-order valence-corrected chi connectivity index (χ2v) is 5.82. The molecule has 0 heterocycles. The lowest BCUT2D eigenvalue weighted by atomic mass is 10.2. The standard InChI is InChI=1S/C13H23NO4/c1-13(2,3)18-12(17)9-14(8-11(15)16)10-6-4-5-7-10/h10H,4-9H2,1-3H3,(H,15,16). The first-order chi connectivity index (χ1) is 8.28. The topological polar surface area (TPSA) is 66.8 Å². The van der Waals surface area contributed by atoms with Gasteiger partial charge in [-0.2, -0.15) is 0 Å². The maximum Gasteiger partial charge on any atom is 0.320 e. The van der Waals surface area contributed by atoms with Crippen molar-refractivity contribution in [1.82, 2.24) is 4.90 Å². The lowest BCUT2D eigenvalue weighted by molar-refractivity contribution is -0.157. The molecule has 0 bridgehead atoms. The van der Waals surface area contributed by atoms with Gasteiger partial charge >= 0.3 is 11.9 Å². The van der Waals surface area contributed by atoms with Crippen LogP contribution < -0.4 is 0 Å². The Labute approximate surface area is 108 Å². The van der Waals surface area contributed by atoms with Crippen molar-refractivity contribution in [3.05, 3.63) is 0 Å². The third-order valence-corrected chi connectivity index (χ3v) is 2.93. The van der Waals surface area contributed by atoms with E-state index in [0.29, 0.717) is 0 Å². The Morgan fingerprint density at radius 3 is 2.22 bits per heavy atom. The normalized spacial score (nSPS) is 17.1. The zero-order chi connectivity index (χ0) is 13.8. The molecule has 0 aromatic carbocycles. The van der Waals surface area contributed by atoms with Crippen LogP contribution in [-0.2, 0) is 14.3 Å². The van der Waals surface area contributed by atoms with Crippen LogP contribution in [0.2, 0.25) is 0 Å². The number of hydrogen-bond acceptors (Lipinski definition) is 4. The lowest BCUT2D eigenvalue weighted by Gasteiger charge is -2.28. The number of ether oxygens (including phenoxy) is 1. The Kier molecular flexibility index (Phi) is 5.14. The van der Waals surface area contributed by atoms with Gasteiger partial charge in [0.25, 0.3) is 0 Å². The summed E-state index contributed by atoms with van der Waals surface area (Å²) in [6, 6.07) is 0.202. The first-order valence-electron chi connectivity index (χ1n) is 6.45. The number of carbonyl (C=O) groups excluding carboxylic acids is 1. The smallest absolute Gasteiger partial charge is 0.320 e. The van der Waals surface area contributed by atoms with Crippen LogP contribution in [0, 0.1) is 0 Å². The number of carboxylic acids is 1. The molecule has 0 radical (unpaired) electrons. The summed E-state index contributed by atoms with van der Waals surface area (Å²) in [5.41, 5.74) is -0.526. The van der Waals surface area contributed by atoms with E-state index < -0.39 is 11.6 Å². The quantitative estimate of drug-likeness (QED) is 0.759. The fourth-order valence-corrected chi connectivity index (χ4v) is 2.30. The highest BCUT2D eigenvalue weighted by atomic mass is 16.6. The number of nitrogens with zero attached hydrogens (tertiary/aromatic N) is 1. The monoisotopic (exact) mass is 257 g/mol. The third-order valence-electron chi connectivity index (χ3n) is 2.93. The molecule has 104 valence electrons. The molecular weight excluding hydrogens is 234 g/mol. The van der Waals surface area contributed by atoms with E-state index in [1.807, 2.05) is 20.8 Å². The average molecular weight is 257 g/mol. The number of carboxylic acid groups (broad SMARTS) is 1. The summed E-state index contributed by atoms with van der Waals surface area (Å²) in [6.45, 7) is 5.39. The summed E-state index contributed by atoms with van der Waals surface area (Å²) in [5, 5.41) is 8.90. The first kappa shape index (κ1) is 15.0. The van der Waals surface area contributed by atoms with Crippen LogP contribution in [-0.4, -0.2) is 46.7 Å². The molecule has 1 rings (SSSR count). The van der Waals surface area contributed by atoms with Gasteiger partial charge in [0.05, 0.1) is 13.1 Å². The first-order valence-corrected chi connectivity index (χ1v) is 6.45. The van der Waals surface area contributed by atoms with E-state index in [-0.39, 0.29) is 25.1 Å². The van der Waals surface area contributed by atoms with Crippen molar-refractivity contribution < 1.29 is 19.4 Å². The Bertz CT molecular complexity index is 303. The molecule has 0 atom stereocenters. The maximum atomic E-state index is 11.8. The lowest BCUT2D eigenvalue weighted by Crippen LogP contribution is -2.42. The third kappa shape index (κ3) is 5.49. The zero-order valence-corrected chi connectivity index (χ0v) is 11.4. The van der Waals surface area contributed by atoms with Crippen molar-refractivity contribution in [2.75, 3.05) is 13.1 Å². The minimum absolute atomic E-state index is 0.0637. The number of hydrogen-bond donors (Lipinski definition) is 1. The Hall–Kier alpha value is -1.10. The van der Waals surface area contributed by atoms with Crippen LogP contribution in [0.4, 0.5) is 0 Å². The van der Waals surface area contributed by atoms with Gasteiger partial charge in [0.2, 0.25) is 0 Å². The van der Waals surface area contributed by atoms with E-state index >= 15 is 0 Å². The minimum Gasteiger partial charge on any atom is -0.480 e. The van der Waals surface area contributed by atoms with Crippen LogP contribution in [0.1, 0.15) is 46.5 Å².